The van der Waals surface area contributed by atoms with E-state index in [1.165, 1.54) is 0 Å². The van der Waals surface area contributed by atoms with Gasteiger partial charge in [-0.05, 0) is 19.8 Å². The Morgan fingerprint density at radius 1 is 1.40 bits per heavy atom. The van der Waals surface area contributed by atoms with Gasteiger partial charge in [0.2, 0.25) is 0 Å². The summed E-state index contributed by atoms with van der Waals surface area (Å²) in [5.41, 5.74) is 5.49. The lowest BCUT2D eigenvalue weighted by Gasteiger charge is -2.23. The highest BCUT2D eigenvalue weighted by atomic mass is 32.2. The summed E-state index contributed by atoms with van der Waals surface area (Å²) in [4.78, 5) is 0. The predicted octanol–water partition coefficient (Wildman–Crippen LogP) is -0.0892. The lowest BCUT2D eigenvalue weighted by atomic mass is 10.1. The fraction of sp³-hybridized carbons (Fsp3) is 1.00. The average Bonchev–Trinajstić information content (AvgIpc) is 1.78. The average molecular weight is 163 g/mol. The van der Waals surface area contributed by atoms with Gasteiger partial charge in [0, 0.05) is 6.04 Å². The van der Waals surface area contributed by atoms with Crippen LogP contribution in [0.4, 0.5) is 0 Å². The first-order valence-corrected chi connectivity index (χ1v) is 5.21. The van der Waals surface area contributed by atoms with Crippen molar-refractivity contribution in [3.63, 3.8) is 0 Å². The Bertz CT molecular complexity index is 210. The van der Waals surface area contributed by atoms with Crippen molar-refractivity contribution in [2.24, 2.45) is 5.73 Å². The van der Waals surface area contributed by atoms with Crippen LogP contribution < -0.4 is 5.73 Å². The second-order valence-corrected chi connectivity index (χ2v) is 5.44. The van der Waals surface area contributed by atoms with E-state index in [0.29, 0.717) is 0 Å². The molecule has 0 aromatic heterocycles. The van der Waals surface area contributed by atoms with Gasteiger partial charge < -0.3 is 5.73 Å². The van der Waals surface area contributed by atoms with E-state index in [2.05, 4.69) is 0 Å². The second-order valence-electron chi connectivity index (χ2n) is 2.98. The van der Waals surface area contributed by atoms with Gasteiger partial charge in [0.15, 0.2) is 9.84 Å². The molecule has 0 unspecified atom stereocenters. The SMILES string of the molecule is C[C@H]1CC[C@@H](N)CS1(=O)=O. The molecule has 1 saturated heterocycles. The second kappa shape index (κ2) is 2.51. The van der Waals surface area contributed by atoms with Gasteiger partial charge in [0.05, 0.1) is 11.0 Å². The van der Waals surface area contributed by atoms with Crippen molar-refractivity contribution < 1.29 is 8.42 Å². The highest BCUT2D eigenvalue weighted by molar-refractivity contribution is 7.92. The van der Waals surface area contributed by atoms with Crippen LogP contribution in [0.1, 0.15) is 19.8 Å². The number of hydrogen-bond acceptors (Lipinski definition) is 3. The van der Waals surface area contributed by atoms with E-state index in [4.69, 9.17) is 5.73 Å². The van der Waals surface area contributed by atoms with E-state index >= 15 is 0 Å². The van der Waals surface area contributed by atoms with Crippen molar-refractivity contribution in [2.75, 3.05) is 5.75 Å². The van der Waals surface area contributed by atoms with Crippen molar-refractivity contribution in [3.05, 3.63) is 0 Å². The highest BCUT2D eigenvalue weighted by Gasteiger charge is 2.28. The molecule has 0 bridgehead atoms. The molecule has 0 aliphatic carbocycles. The molecule has 3 nitrogen and oxygen atoms in total. The Kier molecular flexibility index (Phi) is 2.01. The van der Waals surface area contributed by atoms with Gasteiger partial charge in [-0.15, -0.1) is 0 Å². The van der Waals surface area contributed by atoms with Crippen LogP contribution in [-0.2, 0) is 9.84 Å². The predicted molar refractivity (Wildman–Crippen MR) is 40.5 cm³/mol. The third-order valence-electron chi connectivity index (χ3n) is 2.00. The van der Waals surface area contributed by atoms with Crippen LogP contribution in [-0.4, -0.2) is 25.5 Å². The van der Waals surface area contributed by atoms with E-state index < -0.39 is 9.84 Å². The van der Waals surface area contributed by atoms with Gasteiger partial charge in [-0.1, -0.05) is 0 Å². The van der Waals surface area contributed by atoms with Crippen LogP contribution >= 0.6 is 0 Å². The quantitative estimate of drug-likeness (QED) is 0.543. The zero-order chi connectivity index (χ0) is 7.78. The third kappa shape index (κ3) is 1.49. The monoisotopic (exact) mass is 163 g/mol. The fourth-order valence-corrected chi connectivity index (χ4v) is 2.76. The molecule has 2 atom stereocenters. The van der Waals surface area contributed by atoms with E-state index in [-0.39, 0.29) is 17.0 Å². The number of sulfone groups is 1. The number of hydrogen-bond donors (Lipinski definition) is 1. The minimum Gasteiger partial charge on any atom is -0.327 e. The van der Waals surface area contributed by atoms with Crippen LogP contribution in [0.15, 0.2) is 0 Å². The van der Waals surface area contributed by atoms with Crippen LogP contribution in [0.5, 0.6) is 0 Å². The molecule has 4 heteroatoms. The molecule has 0 amide bonds. The molecule has 0 saturated carbocycles. The molecule has 2 N–H and O–H groups in total. The molecular formula is C6H13NO2S. The lowest BCUT2D eigenvalue weighted by Crippen LogP contribution is -2.39. The normalized spacial score (nSPS) is 39.4. The highest BCUT2D eigenvalue weighted by Crippen LogP contribution is 2.17. The maximum Gasteiger partial charge on any atom is 0.154 e. The summed E-state index contributed by atoms with van der Waals surface area (Å²) in [6.45, 7) is 1.75. The first-order chi connectivity index (χ1) is 4.52. The fourth-order valence-electron chi connectivity index (χ4n) is 1.17. The molecule has 1 heterocycles. The van der Waals surface area contributed by atoms with Gasteiger partial charge in [-0.3, -0.25) is 0 Å². The van der Waals surface area contributed by atoms with Gasteiger partial charge >= 0.3 is 0 Å². The Balaban J connectivity index is 2.74. The van der Waals surface area contributed by atoms with Gasteiger partial charge in [0.25, 0.3) is 0 Å². The van der Waals surface area contributed by atoms with E-state index in [1.807, 2.05) is 0 Å². The third-order valence-corrected chi connectivity index (χ3v) is 4.36. The van der Waals surface area contributed by atoms with Gasteiger partial charge in [-0.25, -0.2) is 8.42 Å². The zero-order valence-electron chi connectivity index (χ0n) is 6.08. The maximum absolute atomic E-state index is 11.1. The van der Waals surface area contributed by atoms with Crippen molar-refractivity contribution in [3.8, 4) is 0 Å². The molecule has 1 aliphatic heterocycles. The molecule has 1 aliphatic rings. The van der Waals surface area contributed by atoms with Crippen LogP contribution in [0.3, 0.4) is 0 Å². The summed E-state index contributed by atoms with van der Waals surface area (Å²) in [5.74, 6) is 0.175. The van der Waals surface area contributed by atoms with Crippen LogP contribution in [0.25, 0.3) is 0 Å². The summed E-state index contributed by atoms with van der Waals surface area (Å²) in [6.07, 6.45) is 1.57. The van der Waals surface area contributed by atoms with Gasteiger partial charge in [0.1, 0.15) is 0 Å². The summed E-state index contributed by atoms with van der Waals surface area (Å²) < 4.78 is 22.2. The number of nitrogens with two attached hydrogens (primary N) is 1. The van der Waals surface area contributed by atoms with E-state index in [9.17, 15) is 8.42 Å². The zero-order valence-corrected chi connectivity index (χ0v) is 6.89. The topological polar surface area (TPSA) is 60.2 Å². The Morgan fingerprint density at radius 2 is 2.00 bits per heavy atom. The minimum absolute atomic E-state index is 0.124. The van der Waals surface area contributed by atoms with Crippen molar-refractivity contribution in [1.82, 2.24) is 0 Å². The maximum atomic E-state index is 11.1. The largest absolute Gasteiger partial charge is 0.327 e. The first kappa shape index (κ1) is 8.01. The molecular weight excluding hydrogens is 150 g/mol. The Morgan fingerprint density at radius 3 is 2.40 bits per heavy atom. The lowest BCUT2D eigenvalue weighted by molar-refractivity contribution is 0.522. The molecule has 0 spiro atoms. The summed E-state index contributed by atoms with van der Waals surface area (Å²) >= 11 is 0. The minimum atomic E-state index is -2.84. The number of rotatable bonds is 0. The van der Waals surface area contributed by atoms with Crippen LogP contribution in [0, 0.1) is 0 Å². The molecule has 0 radical (unpaired) electrons. The summed E-state index contributed by atoms with van der Waals surface area (Å²) in [7, 11) is -2.84. The van der Waals surface area contributed by atoms with Gasteiger partial charge in [-0.2, -0.15) is 0 Å². The molecule has 1 rings (SSSR count). The van der Waals surface area contributed by atoms with Crippen molar-refractivity contribution >= 4 is 9.84 Å². The standard InChI is InChI=1S/C6H13NO2S/c1-5-2-3-6(7)4-10(5,8)9/h5-6H,2-4,7H2,1H3/t5-,6+/m0/s1. The van der Waals surface area contributed by atoms with E-state index in [0.717, 1.165) is 12.8 Å². The first-order valence-electron chi connectivity index (χ1n) is 3.49. The Hall–Kier alpha value is -0.0900. The molecule has 60 valence electrons. The summed E-state index contributed by atoms with van der Waals surface area (Å²) in [6, 6.07) is -0.124. The summed E-state index contributed by atoms with van der Waals surface area (Å²) in [5, 5.41) is -0.174. The Labute approximate surface area is 61.5 Å². The van der Waals surface area contributed by atoms with Crippen molar-refractivity contribution in [1.29, 1.82) is 0 Å². The molecule has 0 aromatic carbocycles. The van der Waals surface area contributed by atoms with Crippen molar-refractivity contribution in [2.45, 2.75) is 31.1 Å². The molecule has 10 heavy (non-hydrogen) atoms. The van der Waals surface area contributed by atoms with Crippen LogP contribution in [0.2, 0.25) is 0 Å². The molecule has 0 aromatic rings. The molecule has 1 fully saturated rings. The smallest absolute Gasteiger partial charge is 0.154 e. The van der Waals surface area contributed by atoms with E-state index in [1.54, 1.807) is 6.92 Å².